The van der Waals surface area contributed by atoms with Crippen molar-refractivity contribution in [2.45, 2.75) is 11.8 Å². The smallest absolute Gasteiger partial charge is 0.298 e. The van der Waals surface area contributed by atoms with E-state index in [2.05, 4.69) is 0 Å². The highest BCUT2D eigenvalue weighted by atomic mass is 35.5. The lowest BCUT2D eigenvalue weighted by atomic mass is 10.3. The SMILES string of the molecule is CCOc1c(F)cccc1S(=O)(=O)O.Cl. The van der Waals surface area contributed by atoms with Gasteiger partial charge >= 0.3 is 0 Å². The molecule has 0 saturated carbocycles. The third-order valence-electron chi connectivity index (χ3n) is 1.50. The summed E-state index contributed by atoms with van der Waals surface area (Å²) in [7, 11) is -4.44. The van der Waals surface area contributed by atoms with E-state index >= 15 is 0 Å². The molecule has 0 aliphatic carbocycles. The molecule has 15 heavy (non-hydrogen) atoms. The Morgan fingerprint density at radius 2 is 2.07 bits per heavy atom. The summed E-state index contributed by atoms with van der Waals surface area (Å²) in [5, 5.41) is 0. The normalized spacial score (nSPS) is 10.6. The first kappa shape index (κ1) is 14.2. The van der Waals surface area contributed by atoms with Crippen molar-refractivity contribution in [3.8, 4) is 5.75 Å². The van der Waals surface area contributed by atoms with E-state index in [0.29, 0.717) is 0 Å². The van der Waals surface area contributed by atoms with E-state index < -0.39 is 26.6 Å². The van der Waals surface area contributed by atoms with Gasteiger partial charge in [0.1, 0.15) is 4.90 Å². The zero-order chi connectivity index (χ0) is 10.8. The summed E-state index contributed by atoms with van der Waals surface area (Å²) >= 11 is 0. The molecule has 0 aliphatic heterocycles. The summed E-state index contributed by atoms with van der Waals surface area (Å²) in [5.41, 5.74) is 0. The highest BCUT2D eigenvalue weighted by Crippen LogP contribution is 2.26. The van der Waals surface area contributed by atoms with Crippen LogP contribution in [0.2, 0.25) is 0 Å². The summed E-state index contributed by atoms with van der Waals surface area (Å²) in [5.74, 6) is -1.26. The highest BCUT2D eigenvalue weighted by Gasteiger charge is 2.19. The Hall–Kier alpha value is -0.850. The summed E-state index contributed by atoms with van der Waals surface area (Å²) in [4.78, 5) is -0.556. The Morgan fingerprint density at radius 1 is 1.47 bits per heavy atom. The molecular formula is C8H10ClFO4S. The van der Waals surface area contributed by atoms with E-state index in [1.54, 1.807) is 6.92 Å². The van der Waals surface area contributed by atoms with Crippen LogP contribution >= 0.6 is 12.4 Å². The van der Waals surface area contributed by atoms with Crippen LogP contribution in [0.25, 0.3) is 0 Å². The Balaban J connectivity index is 0.00000196. The fraction of sp³-hybridized carbons (Fsp3) is 0.250. The molecule has 1 N–H and O–H groups in total. The van der Waals surface area contributed by atoms with Crippen LogP contribution in [0.4, 0.5) is 4.39 Å². The lowest BCUT2D eigenvalue weighted by molar-refractivity contribution is 0.310. The third-order valence-corrected chi connectivity index (χ3v) is 2.37. The topological polar surface area (TPSA) is 63.6 Å². The van der Waals surface area contributed by atoms with E-state index in [1.807, 2.05) is 0 Å². The van der Waals surface area contributed by atoms with Gasteiger partial charge in [-0.15, -0.1) is 12.4 Å². The third kappa shape index (κ3) is 3.33. The zero-order valence-corrected chi connectivity index (χ0v) is 9.44. The number of hydrogen-bond acceptors (Lipinski definition) is 3. The van der Waals surface area contributed by atoms with Gasteiger partial charge in [-0.3, -0.25) is 4.55 Å². The van der Waals surface area contributed by atoms with Crippen molar-refractivity contribution in [3.05, 3.63) is 24.0 Å². The molecule has 0 spiro atoms. The first-order valence-corrected chi connectivity index (χ1v) is 5.29. The molecule has 1 aromatic carbocycles. The maximum Gasteiger partial charge on any atom is 0.298 e. The number of benzene rings is 1. The van der Waals surface area contributed by atoms with E-state index in [4.69, 9.17) is 9.29 Å². The quantitative estimate of drug-likeness (QED) is 0.839. The van der Waals surface area contributed by atoms with Crippen molar-refractivity contribution in [2.75, 3.05) is 6.61 Å². The van der Waals surface area contributed by atoms with Crippen molar-refractivity contribution < 1.29 is 22.1 Å². The first-order chi connectivity index (χ1) is 6.46. The van der Waals surface area contributed by atoms with Crippen LogP contribution in [0.5, 0.6) is 5.75 Å². The summed E-state index contributed by atoms with van der Waals surface area (Å²) in [6.07, 6.45) is 0. The Kier molecular flexibility index (Phi) is 4.99. The Morgan fingerprint density at radius 3 is 2.53 bits per heavy atom. The van der Waals surface area contributed by atoms with Gasteiger partial charge in [-0.2, -0.15) is 8.42 Å². The molecule has 1 aromatic rings. The van der Waals surface area contributed by atoms with Gasteiger partial charge in [0.05, 0.1) is 6.61 Å². The largest absolute Gasteiger partial charge is 0.489 e. The molecule has 0 amide bonds. The predicted octanol–water partition coefficient (Wildman–Crippen LogP) is 1.89. The van der Waals surface area contributed by atoms with Gasteiger partial charge in [-0.05, 0) is 19.1 Å². The second-order valence-corrected chi connectivity index (χ2v) is 3.87. The highest BCUT2D eigenvalue weighted by molar-refractivity contribution is 7.86. The number of ether oxygens (including phenoxy) is 1. The molecule has 7 heteroatoms. The second-order valence-electron chi connectivity index (χ2n) is 2.48. The zero-order valence-electron chi connectivity index (χ0n) is 7.81. The van der Waals surface area contributed by atoms with Gasteiger partial charge in [-0.25, -0.2) is 4.39 Å². The fourth-order valence-corrected chi connectivity index (χ4v) is 1.62. The van der Waals surface area contributed by atoms with Crippen molar-refractivity contribution in [3.63, 3.8) is 0 Å². The number of hydrogen-bond donors (Lipinski definition) is 1. The van der Waals surface area contributed by atoms with Crippen LogP contribution in [-0.4, -0.2) is 19.6 Å². The maximum absolute atomic E-state index is 13.1. The van der Waals surface area contributed by atoms with Crippen molar-refractivity contribution in [2.24, 2.45) is 0 Å². The lowest BCUT2D eigenvalue weighted by Crippen LogP contribution is -2.05. The van der Waals surface area contributed by atoms with Gasteiger partial charge in [0.25, 0.3) is 10.1 Å². The van der Waals surface area contributed by atoms with Gasteiger partial charge in [0.15, 0.2) is 11.6 Å². The minimum absolute atomic E-state index is 0. The van der Waals surface area contributed by atoms with Crippen LogP contribution in [0.3, 0.4) is 0 Å². The average molecular weight is 257 g/mol. The van der Waals surface area contributed by atoms with Crippen LogP contribution < -0.4 is 4.74 Å². The second kappa shape index (κ2) is 5.29. The number of rotatable bonds is 3. The van der Waals surface area contributed by atoms with Crippen molar-refractivity contribution >= 4 is 22.5 Å². The van der Waals surface area contributed by atoms with Crippen LogP contribution in [0, 0.1) is 5.82 Å². The molecule has 0 aliphatic rings. The molecule has 4 nitrogen and oxygen atoms in total. The molecule has 0 radical (unpaired) electrons. The van der Waals surface area contributed by atoms with Crippen molar-refractivity contribution in [1.29, 1.82) is 0 Å². The Bertz CT molecular complexity index is 432. The summed E-state index contributed by atoms with van der Waals surface area (Å²) in [6.45, 7) is 1.70. The van der Waals surface area contributed by atoms with E-state index in [1.165, 1.54) is 6.07 Å². The summed E-state index contributed by atoms with van der Waals surface area (Å²) < 4.78 is 48.2. The molecule has 86 valence electrons. The molecular weight excluding hydrogens is 247 g/mol. The van der Waals surface area contributed by atoms with Gasteiger partial charge in [0.2, 0.25) is 0 Å². The Labute approximate surface area is 93.2 Å². The number of para-hydroxylation sites is 1. The molecule has 0 atom stereocenters. The standard InChI is InChI=1S/C8H9FO4S.ClH/c1-2-13-8-6(9)4-3-5-7(8)14(10,11)12;/h3-5H,2H2,1H3,(H,10,11,12);1H. The van der Waals surface area contributed by atoms with Crippen molar-refractivity contribution in [1.82, 2.24) is 0 Å². The van der Waals surface area contributed by atoms with Gasteiger partial charge in [0, 0.05) is 0 Å². The molecule has 0 saturated heterocycles. The van der Waals surface area contributed by atoms with Crippen LogP contribution in [0.15, 0.2) is 23.1 Å². The summed E-state index contributed by atoms with van der Waals surface area (Å²) in [6, 6.07) is 3.31. The molecule has 0 aromatic heterocycles. The molecule has 0 fully saturated rings. The molecule has 0 bridgehead atoms. The van der Waals surface area contributed by atoms with Crippen LogP contribution in [0.1, 0.15) is 6.92 Å². The first-order valence-electron chi connectivity index (χ1n) is 3.85. The molecule has 0 heterocycles. The molecule has 0 unspecified atom stereocenters. The van der Waals surface area contributed by atoms with E-state index in [-0.39, 0.29) is 19.0 Å². The maximum atomic E-state index is 13.1. The minimum atomic E-state index is -4.44. The monoisotopic (exact) mass is 256 g/mol. The average Bonchev–Trinajstić information content (AvgIpc) is 2.07. The fourth-order valence-electron chi connectivity index (χ4n) is 0.977. The number of halogens is 2. The van der Waals surface area contributed by atoms with Crippen LogP contribution in [-0.2, 0) is 10.1 Å². The predicted molar refractivity (Wildman–Crippen MR) is 54.6 cm³/mol. The molecule has 1 rings (SSSR count). The van der Waals surface area contributed by atoms with E-state index in [9.17, 15) is 12.8 Å². The van der Waals surface area contributed by atoms with E-state index in [0.717, 1.165) is 12.1 Å². The van der Waals surface area contributed by atoms with Gasteiger partial charge < -0.3 is 4.74 Å². The van der Waals surface area contributed by atoms with Gasteiger partial charge in [-0.1, -0.05) is 6.07 Å². The lowest BCUT2D eigenvalue weighted by Gasteiger charge is -2.07. The minimum Gasteiger partial charge on any atom is -0.489 e.